The normalized spacial score (nSPS) is 11.7. The molecule has 0 saturated carbocycles. The van der Waals surface area contributed by atoms with Gasteiger partial charge in [-0.3, -0.25) is 4.98 Å². The van der Waals surface area contributed by atoms with Crippen molar-refractivity contribution in [1.82, 2.24) is 4.98 Å². The molecule has 0 aliphatic rings. The van der Waals surface area contributed by atoms with Gasteiger partial charge in [-0.25, -0.2) is 0 Å². The number of hydrogen-bond donors (Lipinski definition) is 1. The monoisotopic (exact) mass is 274 g/mol. The van der Waals surface area contributed by atoms with Crippen LogP contribution in [0.2, 0.25) is 0 Å². The molecule has 0 saturated heterocycles. The van der Waals surface area contributed by atoms with Crippen LogP contribution in [0.25, 0.3) is 10.8 Å². The van der Waals surface area contributed by atoms with Gasteiger partial charge in [0.25, 0.3) is 0 Å². The van der Waals surface area contributed by atoms with Crippen LogP contribution in [0, 0.1) is 5.41 Å². The molecule has 2 aromatic rings. The SMILES string of the molecule is COc1cc2cnccc2c(CC(C)(C)CN)c1OC. The fourth-order valence-corrected chi connectivity index (χ4v) is 2.38. The summed E-state index contributed by atoms with van der Waals surface area (Å²) in [4.78, 5) is 4.18. The largest absolute Gasteiger partial charge is 0.493 e. The van der Waals surface area contributed by atoms with Crippen LogP contribution in [0.4, 0.5) is 0 Å². The van der Waals surface area contributed by atoms with Crippen LogP contribution in [0.15, 0.2) is 24.5 Å². The van der Waals surface area contributed by atoms with Crippen molar-refractivity contribution in [2.24, 2.45) is 11.1 Å². The van der Waals surface area contributed by atoms with E-state index in [0.717, 1.165) is 34.3 Å². The summed E-state index contributed by atoms with van der Waals surface area (Å²) < 4.78 is 11.0. The zero-order chi connectivity index (χ0) is 14.8. The lowest BCUT2D eigenvalue weighted by Gasteiger charge is -2.25. The third-order valence-electron chi connectivity index (χ3n) is 3.59. The lowest BCUT2D eigenvalue weighted by Crippen LogP contribution is -2.26. The van der Waals surface area contributed by atoms with Crippen LogP contribution >= 0.6 is 0 Å². The second-order valence-electron chi connectivity index (χ2n) is 5.73. The Morgan fingerprint density at radius 2 is 2.00 bits per heavy atom. The molecule has 2 N–H and O–H groups in total. The van der Waals surface area contributed by atoms with E-state index in [2.05, 4.69) is 18.8 Å². The van der Waals surface area contributed by atoms with Gasteiger partial charge in [0, 0.05) is 23.3 Å². The van der Waals surface area contributed by atoms with Crippen LogP contribution in [0.1, 0.15) is 19.4 Å². The van der Waals surface area contributed by atoms with Gasteiger partial charge in [0.2, 0.25) is 0 Å². The smallest absolute Gasteiger partial charge is 0.164 e. The van der Waals surface area contributed by atoms with Gasteiger partial charge in [-0.15, -0.1) is 0 Å². The zero-order valence-electron chi connectivity index (χ0n) is 12.6. The predicted octanol–water partition coefficient (Wildman–Crippen LogP) is 2.78. The quantitative estimate of drug-likeness (QED) is 0.911. The van der Waals surface area contributed by atoms with E-state index in [1.165, 1.54) is 0 Å². The number of rotatable bonds is 5. The summed E-state index contributed by atoms with van der Waals surface area (Å²) >= 11 is 0. The predicted molar refractivity (Wildman–Crippen MR) is 81.4 cm³/mol. The summed E-state index contributed by atoms with van der Waals surface area (Å²) in [5, 5.41) is 2.19. The Hall–Kier alpha value is -1.81. The summed E-state index contributed by atoms with van der Waals surface area (Å²) in [5.74, 6) is 1.52. The number of methoxy groups -OCH3 is 2. The van der Waals surface area contributed by atoms with Crippen molar-refractivity contribution >= 4 is 10.8 Å². The Bertz CT molecular complexity index is 609. The average Bonchev–Trinajstić information content (AvgIpc) is 2.46. The van der Waals surface area contributed by atoms with Gasteiger partial charge in [-0.2, -0.15) is 0 Å². The molecule has 108 valence electrons. The van der Waals surface area contributed by atoms with Gasteiger partial charge in [0.15, 0.2) is 11.5 Å². The number of nitrogens with zero attached hydrogens (tertiary/aromatic N) is 1. The lowest BCUT2D eigenvalue weighted by atomic mass is 9.84. The van der Waals surface area contributed by atoms with E-state index in [1.807, 2.05) is 18.3 Å². The van der Waals surface area contributed by atoms with Crippen LogP contribution in [0.3, 0.4) is 0 Å². The standard InChI is InChI=1S/C16H22N2O2/c1-16(2,10-17)8-13-12-5-6-18-9-11(12)7-14(19-3)15(13)20-4/h5-7,9H,8,10,17H2,1-4H3. The van der Waals surface area contributed by atoms with E-state index >= 15 is 0 Å². The Balaban J connectivity index is 2.70. The van der Waals surface area contributed by atoms with Gasteiger partial charge >= 0.3 is 0 Å². The van der Waals surface area contributed by atoms with Gasteiger partial charge in [-0.05, 0) is 35.9 Å². The van der Waals surface area contributed by atoms with Crippen molar-refractivity contribution in [1.29, 1.82) is 0 Å². The molecule has 4 nitrogen and oxygen atoms in total. The first-order chi connectivity index (χ1) is 9.52. The number of fused-ring (bicyclic) bond motifs is 1. The minimum Gasteiger partial charge on any atom is -0.493 e. The first kappa shape index (κ1) is 14.6. The van der Waals surface area contributed by atoms with Crippen LogP contribution in [0.5, 0.6) is 11.5 Å². The lowest BCUT2D eigenvalue weighted by molar-refractivity contribution is 0.337. The molecule has 0 bridgehead atoms. The molecule has 1 heterocycles. The molecule has 0 aliphatic carbocycles. The Morgan fingerprint density at radius 3 is 2.60 bits per heavy atom. The molecule has 0 amide bonds. The minimum absolute atomic E-state index is 0.00412. The first-order valence-corrected chi connectivity index (χ1v) is 6.70. The highest BCUT2D eigenvalue weighted by Crippen LogP contribution is 2.40. The van der Waals surface area contributed by atoms with E-state index in [4.69, 9.17) is 15.2 Å². The van der Waals surface area contributed by atoms with Crippen molar-refractivity contribution in [3.05, 3.63) is 30.1 Å². The highest BCUT2D eigenvalue weighted by atomic mass is 16.5. The molecular weight excluding hydrogens is 252 g/mol. The van der Waals surface area contributed by atoms with Gasteiger partial charge < -0.3 is 15.2 Å². The van der Waals surface area contributed by atoms with E-state index in [9.17, 15) is 0 Å². The molecule has 2 rings (SSSR count). The van der Waals surface area contributed by atoms with Crippen LogP contribution in [-0.2, 0) is 6.42 Å². The number of ether oxygens (including phenoxy) is 2. The van der Waals surface area contributed by atoms with E-state index < -0.39 is 0 Å². The third kappa shape index (κ3) is 2.70. The van der Waals surface area contributed by atoms with Crippen molar-refractivity contribution in [3.8, 4) is 11.5 Å². The fraction of sp³-hybridized carbons (Fsp3) is 0.438. The molecule has 0 spiro atoms. The Labute approximate surface area is 119 Å². The molecule has 0 radical (unpaired) electrons. The number of aromatic nitrogens is 1. The summed E-state index contributed by atoms with van der Waals surface area (Å²) in [5.41, 5.74) is 7.00. The van der Waals surface area contributed by atoms with E-state index in [-0.39, 0.29) is 5.41 Å². The number of benzene rings is 1. The fourth-order valence-electron chi connectivity index (χ4n) is 2.38. The van der Waals surface area contributed by atoms with Gasteiger partial charge in [-0.1, -0.05) is 13.8 Å². The van der Waals surface area contributed by atoms with Crippen molar-refractivity contribution in [3.63, 3.8) is 0 Å². The summed E-state index contributed by atoms with van der Waals surface area (Å²) in [6, 6.07) is 3.97. The molecule has 20 heavy (non-hydrogen) atoms. The van der Waals surface area contributed by atoms with Crippen molar-refractivity contribution in [2.45, 2.75) is 20.3 Å². The first-order valence-electron chi connectivity index (χ1n) is 6.70. The Kier molecular flexibility index (Phi) is 4.14. The number of pyridine rings is 1. The van der Waals surface area contributed by atoms with Gasteiger partial charge in [0.05, 0.1) is 14.2 Å². The molecule has 4 heteroatoms. The van der Waals surface area contributed by atoms with Crippen molar-refractivity contribution in [2.75, 3.05) is 20.8 Å². The molecule has 0 fully saturated rings. The summed E-state index contributed by atoms with van der Waals surface area (Å²) in [6.45, 7) is 4.91. The maximum Gasteiger partial charge on any atom is 0.164 e. The maximum atomic E-state index is 5.88. The second kappa shape index (κ2) is 5.67. The Morgan fingerprint density at radius 1 is 1.25 bits per heavy atom. The van der Waals surface area contributed by atoms with Gasteiger partial charge in [0.1, 0.15) is 0 Å². The number of hydrogen-bond acceptors (Lipinski definition) is 4. The average molecular weight is 274 g/mol. The molecule has 0 atom stereocenters. The zero-order valence-corrected chi connectivity index (χ0v) is 12.6. The molecule has 0 unspecified atom stereocenters. The highest BCUT2D eigenvalue weighted by Gasteiger charge is 2.23. The van der Waals surface area contributed by atoms with E-state index in [1.54, 1.807) is 20.4 Å². The van der Waals surface area contributed by atoms with E-state index in [0.29, 0.717) is 6.54 Å². The second-order valence-corrected chi connectivity index (χ2v) is 5.73. The topological polar surface area (TPSA) is 57.4 Å². The van der Waals surface area contributed by atoms with Crippen LogP contribution < -0.4 is 15.2 Å². The molecular formula is C16H22N2O2. The maximum absolute atomic E-state index is 5.88. The molecule has 0 aliphatic heterocycles. The summed E-state index contributed by atoms with van der Waals surface area (Å²) in [7, 11) is 3.32. The van der Waals surface area contributed by atoms with Crippen LogP contribution in [-0.4, -0.2) is 25.7 Å². The van der Waals surface area contributed by atoms with Crippen molar-refractivity contribution < 1.29 is 9.47 Å². The third-order valence-corrected chi connectivity index (χ3v) is 3.59. The molecule has 1 aromatic heterocycles. The minimum atomic E-state index is -0.00412. The molecule has 1 aromatic carbocycles. The summed E-state index contributed by atoms with van der Waals surface area (Å²) in [6.07, 6.45) is 4.47. The highest BCUT2D eigenvalue weighted by molar-refractivity contribution is 5.89. The number of nitrogens with two attached hydrogens (primary N) is 1.